The van der Waals surface area contributed by atoms with Gasteiger partial charge in [0.25, 0.3) is 5.91 Å². The fraction of sp³-hybridized carbons (Fsp3) is 0.0833. The maximum atomic E-state index is 13.8. The lowest BCUT2D eigenvalue weighted by Gasteiger charge is -2.25. The number of aryl methyl sites for hydroxylation is 1. The van der Waals surface area contributed by atoms with Gasteiger partial charge in [-0.15, -0.1) is 0 Å². The molecule has 0 radical (unpaired) electrons. The number of nitrogens with zero attached hydrogens (tertiary/aromatic N) is 1. The molecule has 1 aromatic heterocycles. The van der Waals surface area contributed by atoms with Gasteiger partial charge in [-0.2, -0.15) is 0 Å². The molecule has 0 bridgehead atoms. The fourth-order valence-corrected chi connectivity index (χ4v) is 3.88. The Balaban J connectivity index is 1.81. The minimum Gasteiger partial charge on any atom is -0.450 e. The van der Waals surface area contributed by atoms with Crippen molar-refractivity contribution in [3.8, 4) is 0 Å². The molecule has 1 atom stereocenters. The first-order valence-electron chi connectivity index (χ1n) is 9.36. The quantitative estimate of drug-likeness (QED) is 0.466. The van der Waals surface area contributed by atoms with Crippen molar-refractivity contribution in [3.05, 3.63) is 111 Å². The Labute approximate surface area is 170 Å². The van der Waals surface area contributed by atoms with Gasteiger partial charge in [-0.05, 0) is 55.0 Å². The van der Waals surface area contributed by atoms with Crippen molar-refractivity contribution < 1.29 is 18.0 Å². The molecule has 0 saturated carbocycles. The Kier molecular flexibility index (Phi) is 4.03. The highest BCUT2D eigenvalue weighted by molar-refractivity contribution is 6.10. The molecule has 0 spiro atoms. The predicted molar refractivity (Wildman–Crippen MR) is 109 cm³/mol. The van der Waals surface area contributed by atoms with Crippen LogP contribution in [0.3, 0.4) is 0 Å². The van der Waals surface area contributed by atoms with E-state index in [0.717, 1.165) is 11.6 Å². The number of hydrogen-bond donors (Lipinski definition) is 0. The van der Waals surface area contributed by atoms with Gasteiger partial charge >= 0.3 is 0 Å². The third kappa shape index (κ3) is 2.72. The topological polar surface area (TPSA) is 50.5 Å². The molecular formula is C24H15F2NO3. The van der Waals surface area contributed by atoms with E-state index in [9.17, 15) is 18.4 Å². The molecule has 4 aromatic rings. The monoisotopic (exact) mass is 403 g/mol. The highest BCUT2D eigenvalue weighted by atomic mass is 19.1. The van der Waals surface area contributed by atoms with E-state index in [4.69, 9.17) is 4.42 Å². The first-order chi connectivity index (χ1) is 14.4. The van der Waals surface area contributed by atoms with Gasteiger partial charge in [0, 0.05) is 5.69 Å². The van der Waals surface area contributed by atoms with E-state index in [2.05, 4.69) is 0 Å². The number of carbonyl (C=O) groups excluding carboxylic acids is 1. The van der Waals surface area contributed by atoms with Crippen molar-refractivity contribution in [1.82, 2.24) is 0 Å². The van der Waals surface area contributed by atoms with Gasteiger partial charge in [0.15, 0.2) is 5.43 Å². The zero-order valence-corrected chi connectivity index (χ0v) is 15.9. The van der Waals surface area contributed by atoms with Crippen LogP contribution in [0.2, 0.25) is 0 Å². The summed E-state index contributed by atoms with van der Waals surface area (Å²) >= 11 is 0. The summed E-state index contributed by atoms with van der Waals surface area (Å²) in [4.78, 5) is 28.1. The van der Waals surface area contributed by atoms with Crippen LogP contribution in [0.5, 0.6) is 0 Å². The third-order valence-electron chi connectivity index (χ3n) is 5.33. The van der Waals surface area contributed by atoms with Crippen molar-refractivity contribution in [3.63, 3.8) is 0 Å². The second-order valence-corrected chi connectivity index (χ2v) is 7.28. The lowest BCUT2D eigenvalue weighted by Crippen LogP contribution is -2.29. The largest absolute Gasteiger partial charge is 0.450 e. The van der Waals surface area contributed by atoms with E-state index < -0.39 is 29.0 Å². The van der Waals surface area contributed by atoms with Crippen molar-refractivity contribution in [2.75, 3.05) is 4.90 Å². The summed E-state index contributed by atoms with van der Waals surface area (Å²) in [6.45, 7) is 1.93. The van der Waals surface area contributed by atoms with Gasteiger partial charge in [-0.1, -0.05) is 29.8 Å². The molecule has 0 N–H and O–H groups in total. The molecule has 0 aliphatic carbocycles. The Morgan fingerprint density at radius 2 is 1.53 bits per heavy atom. The van der Waals surface area contributed by atoms with Crippen molar-refractivity contribution in [1.29, 1.82) is 0 Å². The van der Waals surface area contributed by atoms with Gasteiger partial charge < -0.3 is 4.42 Å². The molecule has 30 heavy (non-hydrogen) atoms. The zero-order valence-electron chi connectivity index (χ0n) is 15.9. The third-order valence-corrected chi connectivity index (χ3v) is 5.33. The van der Waals surface area contributed by atoms with Crippen LogP contribution in [-0.4, -0.2) is 5.91 Å². The fourth-order valence-electron chi connectivity index (χ4n) is 3.88. The molecule has 1 unspecified atom stereocenters. The Morgan fingerprint density at radius 3 is 2.23 bits per heavy atom. The highest BCUT2D eigenvalue weighted by Gasteiger charge is 2.43. The summed E-state index contributed by atoms with van der Waals surface area (Å²) in [5.74, 6) is -1.61. The lowest BCUT2D eigenvalue weighted by molar-refractivity contribution is 0.0971. The molecular weight excluding hydrogens is 388 g/mol. The molecule has 0 fully saturated rings. The van der Waals surface area contributed by atoms with Crippen LogP contribution in [0, 0.1) is 18.6 Å². The van der Waals surface area contributed by atoms with Crippen LogP contribution in [0.4, 0.5) is 14.5 Å². The van der Waals surface area contributed by atoms with Crippen LogP contribution in [-0.2, 0) is 0 Å². The van der Waals surface area contributed by atoms with E-state index >= 15 is 0 Å². The van der Waals surface area contributed by atoms with Gasteiger partial charge in [0.1, 0.15) is 17.2 Å². The van der Waals surface area contributed by atoms with Gasteiger partial charge in [0.2, 0.25) is 5.76 Å². The lowest BCUT2D eigenvalue weighted by atomic mass is 9.97. The minimum absolute atomic E-state index is 0.0691. The first kappa shape index (κ1) is 18.2. The molecule has 2 heterocycles. The maximum absolute atomic E-state index is 13.8. The summed E-state index contributed by atoms with van der Waals surface area (Å²) in [7, 11) is 0. The van der Waals surface area contributed by atoms with E-state index in [-0.39, 0.29) is 22.3 Å². The Morgan fingerprint density at radius 1 is 0.867 bits per heavy atom. The molecule has 1 amide bonds. The van der Waals surface area contributed by atoms with Gasteiger partial charge in [-0.25, -0.2) is 8.78 Å². The SMILES string of the molecule is Cc1ccc(C2c3c(oc4ccc(F)cc4c3=O)C(=O)N2c2ccc(F)cc2)cc1. The summed E-state index contributed by atoms with van der Waals surface area (Å²) in [6.07, 6.45) is 0. The number of benzene rings is 3. The average Bonchev–Trinajstić information content (AvgIpc) is 3.03. The number of carbonyl (C=O) groups is 1. The highest BCUT2D eigenvalue weighted by Crippen LogP contribution is 2.41. The smallest absolute Gasteiger partial charge is 0.295 e. The number of hydrogen-bond acceptors (Lipinski definition) is 3. The van der Waals surface area contributed by atoms with Crippen molar-refractivity contribution >= 4 is 22.6 Å². The second-order valence-electron chi connectivity index (χ2n) is 7.28. The minimum atomic E-state index is -0.775. The predicted octanol–water partition coefficient (Wildman–Crippen LogP) is 5.13. The van der Waals surface area contributed by atoms with Crippen LogP contribution in [0.1, 0.15) is 33.3 Å². The van der Waals surface area contributed by atoms with Crippen LogP contribution in [0.25, 0.3) is 11.0 Å². The first-order valence-corrected chi connectivity index (χ1v) is 9.36. The molecule has 5 rings (SSSR count). The Bertz CT molecular complexity index is 1360. The maximum Gasteiger partial charge on any atom is 0.295 e. The van der Waals surface area contributed by atoms with E-state index in [1.807, 2.05) is 31.2 Å². The average molecular weight is 403 g/mol. The molecule has 4 nitrogen and oxygen atoms in total. The molecule has 6 heteroatoms. The van der Waals surface area contributed by atoms with Crippen LogP contribution in [0.15, 0.2) is 75.9 Å². The zero-order chi connectivity index (χ0) is 21.0. The standard InChI is InChI=1S/C24H15F2NO3/c1-13-2-4-14(5-3-13)21-20-22(28)18-12-16(26)8-11-19(18)30-23(20)24(29)27(21)17-9-6-15(25)7-10-17/h2-12,21H,1H3. The summed E-state index contributed by atoms with van der Waals surface area (Å²) < 4.78 is 33.0. The summed E-state index contributed by atoms with van der Waals surface area (Å²) in [5.41, 5.74) is 1.95. The molecule has 1 aliphatic rings. The normalized spacial score (nSPS) is 15.6. The Hall–Kier alpha value is -3.80. The number of halogens is 2. The van der Waals surface area contributed by atoms with Crippen molar-refractivity contribution in [2.24, 2.45) is 0 Å². The molecule has 0 saturated heterocycles. The number of amides is 1. The van der Waals surface area contributed by atoms with Crippen molar-refractivity contribution in [2.45, 2.75) is 13.0 Å². The van der Waals surface area contributed by atoms with E-state index in [0.29, 0.717) is 11.3 Å². The molecule has 3 aromatic carbocycles. The van der Waals surface area contributed by atoms with Crippen LogP contribution < -0.4 is 10.3 Å². The number of fused-ring (bicyclic) bond motifs is 2. The second kappa shape index (κ2) is 6.62. The number of rotatable bonds is 2. The summed E-state index contributed by atoms with van der Waals surface area (Å²) in [5, 5.41) is 0.0691. The molecule has 148 valence electrons. The van der Waals surface area contributed by atoms with Crippen LogP contribution >= 0.6 is 0 Å². The van der Waals surface area contributed by atoms with Gasteiger partial charge in [0.05, 0.1) is 17.0 Å². The van der Waals surface area contributed by atoms with E-state index in [1.54, 1.807) is 0 Å². The number of anilines is 1. The van der Waals surface area contributed by atoms with Gasteiger partial charge in [-0.3, -0.25) is 14.5 Å². The molecule has 1 aliphatic heterocycles. The van der Waals surface area contributed by atoms with E-state index in [1.165, 1.54) is 41.3 Å². The summed E-state index contributed by atoms with van der Waals surface area (Å²) in [6, 6.07) is 15.7.